The van der Waals surface area contributed by atoms with Crippen LogP contribution >= 0.6 is 11.3 Å². The summed E-state index contributed by atoms with van der Waals surface area (Å²) in [5, 5.41) is 13.8. The lowest BCUT2D eigenvalue weighted by Gasteiger charge is -2.03. The standard InChI is InChI=1S/C16H13N3O5S2/c1-9-7-10(3-6-13(9)19(21)22)15(20)18-16-17-12-5-4-11(26(2,23)24)8-14(12)25-16/h3-8H,1-2H3,(H,17,18,20). The van der Waals surface area contributed by atoms with Gasteiger partial charge in [0.05, 0.1) is 20.0 Å². The molecule has 134 valence electrons. The number of nitrogens with one attached hydrogen (secondary N) is 1. The molecule has 8 nitrogen and oxygen atoms in total. The van der Waals surface area contributed by atoms with Gasteiger partial charge in [-0.1, -0.05) is 11.3 Å². The number of rotatable bonds is 4. The number of aryl methyl sites for hydroxylation is 1. The molecule has 0 spiro atoms. The normalized spacial score (nSPS) is 11.5. The zero-order valence-electron chi connectivity index (χ0n) is 13.7. The molecule has 2 aromatic carbocycles. The van der Waals surface area contributed by atoms with E-state index in [2.05, 4.69) is 10.3 Å². The lowest BCUT2D eigenvalue weighted by molar-refractivity contribution is -0.385. The fourth-order valence-electron chi connectivity index (χ4n) is 2.36. The number of fused-ring (bicyclic) bond motifs is 1. The minimum atomic E-state index is -3.33. The van der Waals surface area contributed by atoms with Crippen LogP contribution in [0.4, 0.5) is 10.8 Å². The van der Waals surface area contributed by atoms with Crippen LogP contribution in [0.25, 0.3) is 10.2 Å². The SMILES string of the molecule is Cc1cc(C(=O)Nc2nc3ccc(S(C)(=O)=O)cc3s2)ccc1[N+](=O)[O-]. The third-order valence-electron chi connectivity index (χ3n) is 3.66. The van der Waals surface area contributed by atoms with Crippen LogP contribution < -0.4 is 5.32 Å². The van der Waals surface area contributed by atoms with E-state index in [0.29, 0.717) is 20.9 Å². The molecular weight excluding hydrogens is 378 g/mol. The number of hydrogen-bond acceptors (Lipinski definition) is 7. The Balaban J connectivity index is 1.87. The van der Waals surface area contributed by atoms with E-state index in [-0.39, 0.29) is 16.1 Å². The molecule has 1 heterocycles. The number of benzene rings is 2. The Morgan fingerprint density at radius 2 is 1.96 bits per heavy atom. The minimum Gasteiger partial charge on any atom is -0.298 e. The van der Waals surface area contributed by atoms with Gasteiger partial charge >= 0.3 is 0 Å². The van der Waals surface area contributed by atoms with Crippen LogP contribution in [0, 0.1) is 17.0 Å². The molecule has 0 fully saturated rings. The van der Waals surface area contributed by atoms with Crippen molar-refractivity contribution < 1.29 is 18.1 Å². The Morgan fingerprint density at radius 3 is 2.58 bits per heavy atom. The van der Waals surface area contributed by atoms with E-state index in [0.717, 1.165) is 17.6 Å². The zero-order chi connectivity index (χ0) is 19.1. The van der Waals surface area contributed by atoms with E-state index in [1.54, 1.807) is 13.0 Å². The van der Waals surface area contributed by atoms with Crippen LogP contribution in [-0.2, 0) is 9.84 Å². The summed E-state index contributed by atoms with van der Waals surface area (Å²) in [6.07, 6.45) is 1.12. The number of nitro benzene ring substituents is 1. The van der Waals surface area contributed by atoms with E-state index in [1.165, 1.54) is 30.3 Å². The maximum atomic E-state index is 12.3. The summed E-state index contributed by atoms with van der Waals surface area (Å²) in [6.45, 7) is 1.55. The Hall–Kier alpha value is -2.85. The molecule has 0 unspecified atom stereocenters. The highest BCUT2D eigenvalue weighted by Crippen LogP contribution is 2.28. The van der Waals surface area contributed by atoms with Crippen LogP contribution in [0.1, 0.15) is 15.9 Å². The first kappa shape index (κ1) is 18.0. The summed E-state index contributed by atoms with van der Waals surface area (Å²) >= 11 is 1.15. The number of amides is 1. The smallest absolute Gasteiger partial charge is 0.272 e. The summed E-state index contributed by atoms with van der Waals surface area (Å²) in [7, 11) is -3.33. The predicted octanol–water partition coefficient (Wildman–Crippen LogP) is 3.17. The van der Waals surface area contributed by atoms with Crippen molar-refractivity contribution in [2.75, 3.05) is 11.6 Å². The van der Waals surface area contributed by atoms with Crippen molar-refractivity contribution in [1.29, 1.82) is 0 Å². The maximum Gasteiger partial charge on any atom is 0.272 e. The van der Waals surface area contributed by atoms with Gasteiger partial charge < -0.3 is 0 Å². The topological polar surface area (TPSA) is 119 Å². The molecule has 3 aromatic rings. The highest BCUT2D eigenvalue weighted by molar-refractivity contribution is 7.90. The maximum absolute atomic E-state index is 12.3. The molecule has 0 aliphatic carbocycles. The Labute approximate surface area is 152 Å². The summed E-state index contributed by atoms with van der Waals surface area (Å²) in [5.41, 5.74) is 1.15. The Bertz CT molecular complexity index is 1150. The lowest BCUT2D eigenvalue weighted by Crippen LogP contribution is -2.12. The highest BCUT2D eigenvalue weighted by Gasteiger charge is 2.16. The Kier molecular flexibility index (Phi) is 4.46. The van der Waals surface area contributed by atoms with Crippen molar-refractivity contribution >= 4 is 48.1 Å². The molecule has 0 atom stereocenters. The fraction of sp³-hybridized carbons (Fsp3) is 0.125. The van der Waals surface area contributed by atoms with Gasteiger partial charge in [-0.2, -0.15) is 0 Å². The minimum absolute atomic E-state index is 0.0603. The number of carbonyl (C=O) groups is 1. The van der Waals surface area contributed by atoms with Gasteiger partial charge in [-0.15, -0.1) is 0 Å². The molecule has 1 amide bonds. The first-order valence-electron chi connectivity index (χ1n) is 7.32. The second-order valence-corrected chi connectivity index (χ2v) is 8.68. The fourth-order valence-corrected chi connectivity index (χ4v) is 3.98. The highest BCUT2D eigenvalue weighted by atomic mass is 32.2. The van der Waals surface area contributed by atoms with Gasteiger partial charge in [0.1, 0.15) is 0 Å². The van der Waals surface area contributed by atoms with Crippen LogP contribution in [0.15, 0.2) is 41.3 Å². The van der Waals surface area contributed by atoms with Gasteiger partial charge in [0, 0.05) is 23.4 Å². The molecule has 10 heteroatoms. The number of hydrogen-bond donors (Lipinski definition) is 1. The van der Waals surface area contributed by atoms with Gasteiger partial charge in [0.25, 0.3) is 11.6 Å². The molecule has 1 N–H and O–H groups in total. The molecule has 3 rings (SSSR count). The van der Waals surface area contributed by atoms with Crippen molar-refractivity contribution in [2.24, 2.45) is 0 Å². The van der Waals surface area contributed by atoms with Crippen molar-refractivity contribution in [3.8, 4) is 0 Å². The largest absolute Gasteiger partial charge is 0.298 e. The number of sulfone groups is 1. The summed E-state index contributed by atoms with van der Waals surface area (Å²) in [4.78, 5) is 27.1. The second kappa shape index (κ2) is 6.46. The third kappa shape index (κ3) is 3.55. The molecule has 1 aromatic heterocycles. The molecule has 0 aliphatic heterocycles. The average molecular weight is 391 g/mol. The van der Waals surface area contributed by atoms with E-state index >= 15 is 0 Å². The van der Waals surface area contributed by atoms with Crippen LogP contribution in [0.3, 0.4) is 0 Å². The number of nitrogens with zero attached hydrogens (tertiary/aromatic N) is 2. The van der Waals surface area contributed by atoms with Crippen molar-refractivity contribution in [1.82, 2.24) is 4.98 Å². The monoisotopic (exact) mass is 391 g/mol. The van der Waals surface area contributed by atoms with Gasteiger partial charge in [0.2, 0.25) is 0 Å². The second-order valence-electron chi connectivity index (χ2n) is 5.63. The van der Waals surface area contributed by atoms with Crippen LogP contribution in [0.2, 0.25) is 0 Å². The number of nitro groups is 1. The Morgan fingerprint density at radius 1 is 1.23 bits per heavy atom. The molecule has 0 saturated heterocycles. The molecule has 0 aliphatic rings. The predicted molar refractivity (Wildman–Crippen MR) is 98.5 cm³/mol. The van der Waals surface area contributed by atoms with Crippen molar-refractivity contribution in [2.45, 2.75) is 11.8 Å². The van der Waals surface area contributed by atoms with Crippen LogP contribution in [-0.4, -0.2) is 30.5 Å². The van der Waals surface area contributed by atoms with Crippen molar-refractivity contribution in [3.63, 3.8) is 0 Å². The first-order chi connectivity index (χ1) is 12.1. The van der Waals surface area contributed by atoms with E-state index in [4.69, 9.17) is 0 Å². The van der Waals surface area contributed by atoms with Gasteiger partial charge in [0.15, 0.2) is 15.0 Å². The summed E-state index contributed by atoms with van der Waals surface area (Å²) < 4.78 is 23.9. The molecule has 0 saturated carbocycles. The quantitative estimate of drug-likeness (QED) is 0.539. The first-order valence-corrected chi connectivity index (χ1v) is 10.0. The number of aromatic nitrogens is 1. The molecule has 26 heavy (non-hydrogen) atoms. The molecular formula is C16H13N3O5S2. The molecule has 0 bridgehead atoms. The van der Waals surface area contributed by atoms with Gasteiger partial charge in [-0.05, 0) is 37.3 Å². The number of anilines is 1. The third-order valence-corrected chi connectivity index (χ3v) is 5.71. The van der Waals surface area contributed by atoms with Crippen LogP contribution in [0.5, 0.6) is 0 Å². The van der Waals surface area contributed by atoms with Crippen molar-refractivity contribution in [3.05, 3.63) is 57.6 Å². The van der Waals surface area contributed by atoms with Gasteiger partial charge in [-0.3, -0.25) is 20.2 Å². The number of carbonyl (C=O) groups excluding carboxylic acids is 1. The zero-order valence-corrected chi connectivity index (χ0v) is 15.3. The van der Waals surface area contributed by atoms with E-state index < -0.39 is 20.7 Å². The molecule has 0 radical (unpaired) electrons. The van der Waals surface area contributed by atoms with Gasteiger partial charge in [-0.25, -0.2) is 13.4 Å². The van der Waals surface area contributed by atoms with E-state index in [1.807, 2.05) is 0 Å². The van der Waals surface area contributed by atoms with E-state index in [9.17, 15) is 23.3 Å². The number of thiazole rings is 1. The lowest BCUT2D eigenvalue weighted by atomic mass is 10.1. The average Bonchev–Trinajstić information content (AvgIpc) is 2.94. The summed E-state index contributed by atoms with van der Waals surface area (Å²) in [6, 6.07) is 8.63. The summed E-state index contributed by atoms with van der Waals surface area (Å²) in [5.74, 6) is -0.453.